The van der Waals surface area contributed by atoms with E-state index in [4.69, 9.17) is 43.6 Å². The summed E-state index contributed by atoms with van der Waals surface area (Å²) in [5.41, 5.74) is 5.62. The summed E-state index contributed by atoms with van der Waals surface area (Å²) in [5.74, 6) is -14.4. The molecule has 0 aromatic heterocycles. The quantitative estimate of drug-likeness (QED) is 0.0448. The van der Waals surface area contributed by atoms with Crippen molar-refractivity contribution >= 4 is 35.6 Å². The maximum atomic E-state index is 13.0. The number of aliphatic hydroxyl groups is 13. The second-order valence-corrected chi connectivity index (χ2v) is 17.4. The molecule has 4 rings (SSSR count). The van der Waals surface area contributed by atoms with Crippen LogP contribution in [0.2, 0.25) is 0 Å². The Balaban J connectivity index is 1.71. The Morgan fingerprint density at radius 3 is 1.53 bits per heavy atom. The van der Waals surface area contributed by atoms with Crippen LogP contribution in [-0.4, -0.2) is 285 Å². The number of hydrogen-bond donors (Lipinski definition) is 19. The lowest BCUT2D eigenvalue weighted by Gasteiger charge is -2.51. The first-order valence-corrected chi connectivity index (χ1v) is 22.1. The van der Waals surface area contributed by atoms with Gasteiger partial charge in [-0.1, -0.05) is 0 Å². The van der Waals surface area contributed by atoms with Crippen LogP contribution < -0.4 is 21.7 Å². The number of carboxylic acids is 2. The third-order valence-corrected chi connectivity index (χ3v) is 12.1. The molecule has 0 radical (unpaired) electrons. The number of aliphatic carboxylic acids is 2. The Morgan fingerprint density at radius 2 is 1.08 bits per heavy atom. The zero-order valence-electron chi connectivity index (χ0n) is 38.6. The van der Waals surface area contributed by atoms with Crippen molar-refractivity contribution in [1.29, 1.82) is 0 Å². The molecule has 0 spiro atoms. The van der Waals surface area contributed by atoms with Crippen molar-refractivity contribution in [2.45, 2.75) is 173 Å². The van der Waals surface area contributed by atoms with Crippen LogP contribution in [0.25, 0.3) is 0 Å². The van der Waals surface area contributed by atoms with E-state index in [1.54, 1.807) is 0 Å². The van der Waals surface area contributed by atoms with Gasteiger partial charge in [0, 0.05) is 33.6 Å². The zero-order valence-corrected chi connectivity index (χ0v) is 38.6. The Hall–Kier alpha value is -4.02. The van der Waals surface area contributed by atoms with Gasteiger partial charge in [-0.05, 0) is 0 Å². The first-order valence-electron chi connectivity index (χ1n) is 22.1. The molecule has 0 aromatic carbocycles. The molecule has 3 amide bonds. The zero-order chi connectivity index (χ0) is 54.3. The van der Waals surface area contributed by atoms with E-state index in [9.17, 15) is 105 Å². The molecular formula is C39H64N4O29. The van der Waals surface area contributed by atoms with Gasteiger partial charge >= 0.3 is 17.9 Å². The van der Waals surface area contributed by atoms with E-state index in [2.05, 4.69) is 16.0 Å². The minimum absolute atomic E-state index is 0.819. The Morgan fingerprint density at radius 1 is 0.625 bits per heavy atom. The lowest BCUT2D eigenvalue weighted by atomic mass is 9.88. The molecule has 33 nitrogen and oxygen atoms in total. The van der Waals surface area contributed by atoms with Gasteiger partial charge in [0.2, 0.25) is 24.0 Å². The molecule has 20 N–H and O–H groups in total. The van der Waals surface area contributed by atoms with E-state index in [0.717, 1.165) is 20.8 Å². The Kier molecular flexibility index (Phi) is 21.4. The summed E-state index contributed by atoms with van der Waals surface area (Å²) in [6.45, 7) is -2.85. The number of amides is 3. The van der Waals surface area contributed by atoms with Crippen molar-refractivity contribution < 1.29 is 143 Å². The highest BCUT2D eigenvalue weighted by atomic mass is 16.8. The van der Waals surface area contributed by atoms with E-state index in [0.29, 0.717) is 0 Å². The predicted molar refractivity (Wildman–Crippen MR) is 222 cm³/mol. The fourth-order valence-corrected chi connectivity index (χ4v) is 8.41. The average Bonchev–Trinajstić information content (AvgIpc) is 3.32. The van der Waals surface area contributed by atoms with E-state index in [1.165, 1.54) is 0 Å². The third-order valence-electron chi connectivity index (χ3n) is 12.1. The van der Waals surface area contributed by atoms with Gasteiger partial charge in [-0.3, -0.25) is 19.2 Å². The number of aliphatic hydroxyl groups excluding tert-OH is 13. The average molecular weight is 1050 g/mol. The van der Waals surface area contributed by atoms with Crippen LogP contribution in [0.3, 0.4) is 0 Å². The first-order chi connectivity index (χ1) is 33.6. The highest BCUT2D eigenvalue weighted by Gasteiger charge is 2.61. The smallest absolute Gasteiger partial charge is 0.364 e. The molecule has 0 saturated carbocycles. The number of rotatable bonds is 22. The van der Waals surface area contributed by atoms with Crippen LogP contribution >= 0.6 is 0 Å². The number of nitrogens with two attached hydrogens (primary N) is 1. The molecule has 4 heterocycles. The SMILES string of the molecule is CC(=O)N[C@H]1[C@@H](OC(=O)[C@@H](N)CO)O[C@H](CO[C@]2(C(=O)O)C[C@H](O)[C@@H](NC(C)=O)[C@H]([C@H](O)[C@H](O)CO)O2)[C@H](O)[C@@H]1O[C@@H]1O[C@H](CO)[C@H](O[C@]2(C(=O)O)C[C@H](O)[C@@H](NC(C)=O)[C@H]([C@H](O)[C@H](O)CO)O2)[C@H](O)[C@H]1O. The maximum absolute atomic E-state index is 13.0. The number of carbonyl (C=O) groups is 6. The summed E-state index contributed by atoms with van der Waals surface area (Å²) in [6, 6.07) is -7.01. The summed E-state index contributed by atoms with van der Waals surface area (Å²) < 4.78 is 45.0. The monoisotopic (exact) mass is 1050 g/mol. The second-order valence-electron chi connectivity index (χ2n) is 17.4. The van der Waals surface area contributed by atoms with E-state index in [1.807, 2.05) is 0 Å². The van der Waals surface area contributed by atoms with Gasteiger partial charge in [-0.25, -0.2) is 9.59 Å². The highest BCUT2D eigenvalue weighted by molar-refractivity contribution is 5.78. The number of nitrogens with one attached hydrogen (secondary N) is 3. The van der Waals surface area contributed by atoms with Crippen molar-refractivity contribution in [2.75, 3.05) is 33.0 Å². The van der Waals surface area contributed by atoms with Gasteiger partial charge < -0.3 is 136 Å². The van der Waals surface area contributed by atoms with Crippen LogP contribution in [0.1, 0.15) is 33.6 Å². The molecule has 4 aliphatic rings. The van der Waals surface area contributed by atoms with Gasteiger partial charge in [-0.2, -0.15) is 0 Å². The Bertz CT molecular complexity index is 1870. The maximum Gasteiger partial charge on any atom is 0.364 e. The van der Waals surface area contributed by atoms with Crippen molar-refractivity contribution in [3.63, 3.8) is 0 Å². The van der Waals surface area contributed by atoms with Gasteiger partial charge in [-0.15, -0.1) is 0 Å². The molecule has 4 fully saturated rings. The first kappa shape index (κ1) is 60.5. The van der Waals surface area contributed by atoms with Crippen molar-refractivity contribution in [2.24, 2.45) is 5.73 Å². The largest absolute Gasteiger partial charge is 0.477 e. The predicted octanol–water partition coefficient (Wildman–Crippen LogP) is -12.0. The topological polar surface area (TPSA) is 542 Å². The van der Waals surface area contributed by atoms with Crippen LogP contribution in [0, 0.1) is 0 Å². The fourth-order valence-electron chi connectivity index (χ4n) is 8.41. The third kappa shape index (κ3) is 13.6. The standard InChI is InChI=1S/C39H64N4O29/c1-11(48)41-21-15(51)4-38(36(61)62,71-31(21)24(55)17(53)7-45)65-10-20-26(57)30(23(43-13(3)50)34(67-20)69-33(60)14(40)6-44)68-35-28(59)27(58)29(19(9-47)66-35)70-39(37(63)64)5-16(52)22(42-12(2)49)32(72-39)25(56)18(54)8-46/h14-32,34-35,44-47,51-59H,4-10,40H2,1-3H3,(H,41,48)(H,42,49)(H,43,50)(H,61,62)(H,63,64)/t14-,15-,16-,17+,18+,19+,20+,21+,22+,23+,24+,25+,26-,27+,28+,29-,30+,31+,32+,34+,35-,38+,39+/m0/s1. The molecule has 4 aliphatic heterocycles. The number of hydrogen-bond acceptors (Lipinski definition) is 28. The van der Waals surface area contributed by atoms with Crippen molar-refractivity contribution in [3.8, 4) is 0 Å². The summed E-state index contributed by atoms with van der Waals surface area (Å²) >= 11 is 0. The van der Waals surface area contributed by atoms with Gasteiger partial charge in [0.25, 0.3) is 11.6 Å². The van der Waals surface area contributed by atoms with Crippen LogP contribution in [0.15, 0.2) is 0 Å². The molecule has 0 bridgehead atoms. The van der Waals surface area contributed by atoms with Gasteiger partial charge in [0.05, 0.1) is 57.3 Å². The minimum atomic E-state index is -3.18. The van der Waals surface area contributed by atoms with Crippen LogP contribution in [0.5, 0.6) is 0 Å². The molecule has 72 heavy (non-hydrogen) atoms. The summed E-state index contributed by atoms with van der Waals surface area (Å²) in [5, 5.41) is 166. The van der Waals surface area contributed by atoms with Crippen LogP contribution in [0.4, 0.5) is 0 Å². The lowest BCUT2D eigenvalue weighted by Crippen LogP contribution is -2.71. The summed E-state index contributed by atoms with van der Waals surface area (Å²) in [6.07, 6.45) is -38.9. The number of esters is 1. The second kappa shape index (κ2) is 25.5. The number of ether oxygens (including phenoxy) is 8. The summed E-state index contributed by atoms with van der Waals surface area (Å²) in [7, 11) is 0. The molecule has 0 unspecified atom stereocenters. The van der Waals surface area contributed by atoms with Crippen molar-refractivity contribution in [3.05, 3.63) is 0 Å². The van der Waals surface area contributed by atoms with Crippen LogP contribution in [-0.2, 0) is 66.7 Å². The highest BCUT2D eigenvalue weighted by Crippen LogP contribution is 2.39. The lowest BCUT2D eigenvalue weighted by molar-refractivity contribution is -0.380. The van der Waals surface area contributed by atoms with Gasteiger partial charge in [0.1, 0.15) is 91.4 Å². The molecule has 0 aromatic rings. The van der Waals surface area contributed by atoms with Gasteiger partial charge in [0.15, 0.2) is 6.29 Å². The number of carbonyl (C=O) groups excluding carboxylic acids is 4. The fraction of sp³-hybridized carbons (Fsp3) is 0.846. The molecular weight excluding hydrogens is 988 g/mol. The number of carboxylic acid groups (broad SMARTS) is 2. The molecule has 23 atom stereocenters. The Labute approximate surface area is 406 Å². The van der Waals surface area contributed by atoms with E-state index in [-0.39, 0.29) is 0 Å². The summed E-state index contributed by atoms with van der Waals surface area (Å²) in [4.78, 5) is 75.3. The van der Waals surface area contributed by atoms with E-state index < -0.39 is 221 Å². The molecule has 0 aliphatic carbocycles. The normalized spacial score (nSPS) is 39.3. The molecule has 414 valence electrons. The minimum Gasteiger partial charge on any atom is -0.477 e. The van der Waals surface area contributed by atoms with E-state index >= 15 is 0 Å². The molecule has 4 saturated heterocycles. The molecule has 33 heteroatoms. The van der Waals surface area contributed by atoms with Crippen molar-refractivity contribution in [1.82, 2.24) is 16.0 Å².